The third-order valence-electron chi connectivity index (χ3n) is 3.56. The summed E-state index contributed by atoms with van der Waals surface area (Å²) < 4.78 is 12.9. The highest BCUT2D eigenvalue weighted by atomic mass is 32.2. The molecule has 0 radical (unpaired) electrons. The van der Waals surface area contributed by atoms with Crippen molar-refractivity contribution >= 4 is 28.4 Å². The van der Waals surface area contributed by atoms with E-state index in [1.807, 2.05) is 25.1 Å². The highest BCUT2D eigenvalue weighted by molar-refractivity contribution is 8.00. The van der Waals surface area contributed by atoms with Gasteiger partial charge >= 0.3 is 0 Å². The fourth-order valence-corrected chi connectivity index (χ4v) is 3.16. The number of carbonyl (C=O) groups is 1. The molecule has 0 unspecified atom stereocenters. The van der Waals surface area contributed by atoms with Crippen LogP contribution in [0.25, 0.3) is 10.9 Å². The minimum Gasteiger partial charge on any atom is -0.293 e. The molecule has 0 saturated carbocycles. The molecule has 0 N–H and O–H groups in total. The van der Waals surface area contributed by atoms with Crippen LogP contribution in [-0.2, 0) is 0 Å². The van der Waals surface area contributed by atoms with E-state index in [-0.39, 0.29) is 17.4 Å². The Morgan fingerprint density at radius 1 is 1.21 bits per heavy atom. The molecule has 1 aromatic heterocycles. The predicted molar refractivity (Wildman–Crippen MR) is 92.6 cm³/mol. The van der Waals surface area contributed by atoms with Crippen LogP contribution in [0.15, 0.2) is 53.6 Å². The Labute approximate surface area is 143 Å². The summed E-state index contributed by atoms with van der Waals surface area (Å²) in [5, 5.41) is 10.7. The second kappa shape index (κ2) is 6.81. The average molecular weight is 336 g/mol. The fourth-order valence-electron chi connectivity index (χ4n) is 2.30. The number of carbonyl (C=O) groups excluding carboxylic acids is 1. The number of rotatable bonds is 4. The Balaban J connectivity index is 1.85. The smallest absolute Gasteiger partial charge is 0.173 e. The third-order valence-corrected chi connectivity index (χ3v) is 4.56. The van der Waals surface area contributed by atoms with E-state index >= 15 is 0 Å². The summed E-state index contributed by atoms with van der Waals surface area (Å²) >= 11 is 1.22. The van der Waals surface area contributed by atoms with Crippen molar-refractivity contribution in [1.29, 1.82) is 5.26 Å². The molecule has 3 rings (SSSR count). The predicted octanol–water partition coefficient (Wildman–Crippen LogP) is 4.53. The maximum absolute atomic E-state index is 12.9. The first-order chi connectivity index (χ1) is 11.6. The summed E-state index contributed by atoms with van der Waals surface area (Å²) in [6, 6.07) is 15.2. The van der Waals surface area contributed by atoms with E-state index < -0.39 is 0 Å². The molecule has 0 saturated heterocycles. The van der Waals surface area contributed by atoms with Crippen LogP contribution < -0.4 is 0 Å². The van der Waals surface area contributed by atoms with Gasteiger partial charge in [-0.15, -0.1) is 0 Å². The number of thioether (sulfide) groups is 1. The number of halogens is 1. The Bertz CT molecular complexity index is 962. The van der Waals surface area contributed by atoms with Gasteiger partial charge in [0.05, 0.1) is 16.8 Å². The molecule has 3 aromatic rings. The maximum Gasteiger partial charge on any atom is 0.173 e. The number of benzene rings is 2. The zero-order valence-electron chi connectivity index (χ0n) is 12.9. The molecule has 118 valence electrons. The van der Waals surface area contributed by atoms with Crippen molar-refractivity contribution in [3.8, 4) is 6.07 Å². The molecule has 24 heavy (non-hydrogen) atoms. The minimum atomic E-state index is -0.377. The van der Waals surface area contributed by atoms with Gasteiger partial charge in [-0.05, 0) is 48.9 Å². The van der Waals surface area contributed by atoms with E-state index in [0.717, 1.165) is 16.5 Å². The molecule has 0 fully saturated rings. The van der Waals surface area contributed by atoms with Gasteiger partial charge < -0.3 is 0 Å². The highest BCUT2D eigenvalue weighted by Crippen LogP contribution is 2.26. The van der Waals surface area contributed by atoms with Gasteiger partial charge in [0, 0.05) is 10.9 Å². The first-order valence-corrected chi connectivity index (χ1v) is 8.28. The molecule has 0 aliphatic heterocycles. The molecule has 5 heteroatoms. The lowest BCUT2D eigenvalue weighted by molar-refractivity contribution is 0.102. The highest BCUT2D eigenvalue weighted by Gasteiger charge is 2.12. The van der Waals surface area contributed by atoms with Gasteiger partial charge in [-0.2, -0.15) is 5.26 Å². The molecule has 2 aromatic carbocycles. The topological polar surface area (TPSA) is 53.8 Å². The molecule has 0 bridgehead atoms. The van der Waals surface area contributed by atoms with E-state index in [9.17, 15) is 14.4 Å². The summed E-state index contributed by atoms with van der Waals surface area (Å²) in [6.07, 6.45) is 0. The monoisotopic (exact) mass is 336 g/mol. The average Bonchev–Trinajstić information content (AvgIpc) is 2.59. The Morgan fingerprint density at radius 3 is 2.67 bits per heavy atom. The standard InChI is InChI=1S/C19H13FN2OS/c1-12-2-3-14-9-15(10-21)19(22-17(14)8-12)24-11-18(23)13-4-6-16(20)7-5-13/h2-9H,11H2,1H3. The second-order valence-electron chi connectivity index (χ2n) is 5.37. The first-order valence-electron chi connectivity index (χ1n) is 7.30. The Hall–Kier alpha value is -2.71. The lowest BCUT2D eigenvalue weighted by atomic mass is 10.1. The van der Waals surface area contributed by atoms with Crippen LogP contribution in [0.5, 0.6) is 0 Å². The van der Waals surface area contributed by atoms with Gasteiger partial charge in [-0.25, -0.2) is 9.37 Å². The summed E-state index contributed by atoms with van der Waals surface area (Å²) in [7, 11) is 0. The summed E-state index contributed by atoms with van der Waals surface area (Å²) in [6.45, 7) is 1.98. The van der Waals surface area contributed by atoms with Crippen LogP contribution in [0.4, 0.5) is 4.39 Å². The van der Waals surface area contributed by atoms with Crippen LogP contribution in [0, 0.1) is 24.1 Å². The van der Waals surface area contributed by atoms with Crippen LogP contribution in [-0.4, -0.2) is 16.5 Å². The number of fused-ring (bicyclic) bond motifs is 1. The zero-order valence-corrected chi connectivity index (χ0v) is 13.7. The zero-order chi connectivity index (χ0) is 17.1. The van der Waals surface area contributed by atoms with E-state index in [1.165, 1.54) is 36.0 Å². The molecule has 0 amide bonds. The van der Waals surface area contributed by atoms with E-state index in [1.54, 1.807) is 6.07 Å². The summed E-state index contributed by atoms with van der Waals surface area (Å²) in [4.78, 5) is 16.7. The number of nitrogens with zero attached hydrogens (tertiary/aromatic N) is 2. The van der Waals surface area contributed by atoms with Gasteiger partial charge in [-0.3, -0.25) is 4.79 Å². The van der Waals surface area contributed by atoms with Crippen molar-refractivity contribution in [3.63, 3.8) is 0 Å². The molecule has 3 nitrogen and oxygen atoms in total. The van der Waals surface area contributed by atoms with Crippen molar-refractivity contribution in [1.82, 2.24) is 4.98 Å². The fraction of sp³-hybridized carbons (Fsp3) is 0.105. The number of nitriles is 1. The number of aromatic nitrogens is 1. The number of ketones is 1. The van der Waals surface area contributed by atoms with Crippen molar-refractivity contribution in [2.24, 2.45) is 0 Å². The molecule has 0 aliphatic rings. The van der Waals surface area contributed by atoms with Crippen molar-refractivity contribution in [2.75, 3.05) is 5.75 Å². The second-order valence-corrected chi connectivity index (χ2v) is 6.33. The van der Waals surface area contributed by atoms with Crippen molar-refractivity contribution in [2.45, 2.75) is 11.9 Å². The van der Waals surface area contributed by atoms with Crippen molar-refractivity contribution in [3.05, 3.63) is 71.0 Å². The van der Waals surface area contributed by atoms with E-state index in [0.29, 0.717) is 16.2 Å². The quantitative estimate of drug-likeness (QED) is 0.519. The van der Waals surface area contributed by atoms with Gasteiger partial charge in [0.1, 0.15) is 16.9 Å². The Kier molecular flexibility index (Phi) is 4.59. The number of hydrogen-bond acceptors (Lipinski definition) is 4. The molecular weight excluding hydrogens is 323 g/mol. The number of hydrogen-bond donors (Lipinski definition) is 0. The van der Waals surface area contributed by atoms with Gasteiger partial charge in [0.2, 0.25) is 0 Å². The van der Waals surface area contributed by atoms with Crippen LogP contribution >= 0.6 is 11.8 Å². The van der Waals surface area contributed by atoms with E-state index in [2.05, 4.69) is 11.1 Å². The van der Waals surface area contributed by atoms with E-state index in [4.69, 9.17) is 0 Å². The number of pyridine rings is 1. The van der Waals surface area contributed by atoms with Gasteiger partial charge in [0.15, 0.2) is 5.78 Å². The Morgan fingerprint density at radius 2 is 1.96 bits per heavy atom. The van der Waals surface area contributed by atoms with Crippen LogP contribution in [0.2, 0.25) is 0 Å². The largest absolute Gasteiger partial charge is 0.293 e. The van der Waals surface area contributed by atoms with Gasteiger partial charge in [-0.1, -0.05) is 23.9 Å². The lowest BCUT2D eigenvalue weighted by Crippen LogP contribution is -2.03. The first kappa shape index (κ1) is 16.2. The van der Waals surface area contributed by atoms with Gasteiger partial charge in [0.25, 0.3) is 0 Å². The molecule has 0 aliphatic carbocycles. The minimum absolute atomic E-state index is 0.130. The number of aryl methyl sites for hydroxylation is 1. The molecular formula is C19H13FN2OS. The molecule has 0 spiro atoms. The summed E-state index contributed by atoms with van der Waals surface area (Å²) in [5.74, 6) is -0.363. The summed E-state index contributed by atoms with van der Waals surface area (Å²) in [5.41, 5.74) is 2.77. The number of Topliss-reactive ketones (excluding diaryl/α,β-unsaturated/α-hetero) is 1. The SMILES string of the molecule is Cc1ccc2cc(C#N)c(SCC(=O)c3ccc(F)cc3)nc2c1. The van der Waals surface area contributed by atoms with Crippen LogP contribution in [0.3, 0.4) is 0 Å². The maximum atomic E-state index is 12.9. The normalized spacial score (nSPS) is 10.5. The van der Waals surface area contributed by atoms with Crippen molar-refractivity contribution < 1.29 is 9.18 Å². The van der Waals surface area contributed by atoms with Crippen LogP contribution in [0.1, 0.15) is 21.5 Å². The third kappa shape index (κ3) is 3.44. The molecule has 0 atom stereocenters. The lowest BCUT2D eigenvalue weighted by Gasteiger charge is -2.06. The molecule has 1 heterocycles.